The number of nitrogens with zero attached hydrogens (tertiary/aromatic N) is 1. The van der Waals surface area contributed by atoms with Gasteiger partial charge in [0.1, 0.15) is 0 Å². The number of hydrogen-bond donors (Lipinski definition) is 0. The van der Waals surface area contributed by atoms with Crippen LogP contribution in [0, 0.1) is 22.2 Å². The van der Waals surface area contributed by atoms with Gasteiger partial charge in [0, 0.05) is 11.1 Å². The van der Waals surface area contributed by atoms with Crippen LogP contribution in [0.25, 0.3) is 0 Å². The van der Waals surface area contributed by atoms with Gasteiger partial charge in [0.05, 0.1) is 0 Å². The summed E-state index contributed by atoms with van der Waals surface area (Å²) in [6.07, 6.45) is 11.8. The number of benzene rings is 1. The maximum atomic E-state index is 4.08. The van der Waals surface area contributed by atoms with Crippen LogP contribution in [0.3, 0.4) is 0 Å². The minimum Gasteiger partial charge on any atom is -0.296 e. The van der Waals surface area contributed by atoms with E-state index in [0.717, 1.165) is 6.42 Å². The second-order valence-electron chi connectivity index (χ2n) is 20.1. The van der Waals surface area contributed by atoms with E-state index in [4.69, 9.17) is 0 Å². The maximum Gasteiger partial charge on any atom is 0.0189 e. The lowest BCUT2D eigenvalue weighted by Crippen LogP contribution is -2.53. The highest BCUT2D eigenvalue weighted by Gasteiger charge is 2.44. The summed E-state index contributed by atoms with van der Waals surface area (Å²) in [5, 5.41) is 0. The van der Waals surface area contributed by atoms with E-state index >= 15 is 0 Å². The van der Waals surface area contributed by atoms with Crippen LogP contribution >= 0.6 is 0 Å². The number of hydrogen-bond acceptors (Lipinski definition) is 1. The molecule has 43 heavy (non-hydrogen) atoms. The Morgan fingerprint density at radius 3 is 1.44 bits per heavy atom. The lowest BCUT2D eigenvalue weighted by atomic mass is 9.58. The quantitative estimate of drug-likeness (QED) is 0.193. The van der Waals surface area contributed by atoms with E-state index in [9.17, 15) is 0 Å². The van der Waals surface area contributed by atoms with Gasteiger partial charge in [0.2, 0.25) is 0 Å². The molecule has 0 aliphatic rings. The Bertz CT molecular complexity index is 963. The zero-order valence-electron chi connectivity index (χ0n) is 32.7. The molecular formula is C42H77N. The van der Waals surface area contributed by atoms with Crippen LogP contribution in [0.4, 0.5) is 0 Å². The Labute approximate surface area is 272 Å². The Kier molecular flexibility index (Phi) is 13.1. The Balaban J connectivity index is 3.93. The van der Waals surface area contributed by atoms with Crippen LogP contribution in [0.5, 0.6) is 0 Å². The molecule has 1 aromatic carbocycles. The van der Waals surface area contributed by atoms with Crippen LogP contribution in [0.15, 0.2) is 30.9 Å². The number of rotatable bonds is 14. The van der Waals surface area contributed by atoms with Crippen LogP contribution in [0.2, 0.25) is 0 Å². The van der Waals surface area contributed by atoms with Crippen molar-refractivity contribution in [2.75, 3.05) is 7.05 Å². The molecule has 1 aromatic rings. The van der Waals surface area contributed by atoms with Crippen molar-refractivity contribution in [1.29, 1.82) is 0 Å². The molecule has 1 nitrogen and oxygen atoms in total. The lowest BCUT2D eigenvalue weighted by Gasteiger charge is -2.51. The SMILES string of the molecule is C=CCC(C)(C)N(C)C(C)(C)CCC(CCC)(Cc1cc(C(C)(C)C)cc(C(C)(C)C)c1)C(CC(C)(C)C)CC(C)(C)C. The van der Waals surface area contributed by atoms with Gasteiger partial charge in [-0.2, -0.15) is 0 Å². The smallest absolute Gasteiger partial charge is 0.0189 e. The minimum absolute atomic E-state index is 0.0809. The lowest BCUT2D eigenvalue weighted by molar-refractivity contribution is 0.00516. The highest BCUT2D eigenvalue weighted by atomic mass is 15.2. The highest BCUT2D eigenvalue weighted by Crippen LogP contribution is 2.52. The third-order valence-corrected chi connectivity index (χ3v) is 10.3. The summed E-state index contributed by atoms with van der Waals surface area (Å²) < 4.78 is 0. The summed E-state index contributed by atoms with van der Waals surface area (Å²) in [7, 11) is 2.34. The van der Waals surface area contributed by atoms with Gasteiger partial charge in [-0.3, -0.25) is 4.90 Å². The fraction of sp³-hybridized carbons (Fsp3) is 0.810. The summed E-state index contributed by atoms with van der Waals surface area (Å²) in [6.45, 7) is 45.3. The van der Waals surface area contributed by atoms with E-state index < -0.39 is 0 Å². The first-order chi connectivity index (χ1) is 19.1. The molecule has 0 aliphatic heterocycles. The predicted molar refractivity (Wildman–Crippen MR) is 196 cm³/mol. The zero-order chi connectivity index (χ0) is 33.9. The molecule has 0 spiro atoms. The predicted octanol–water partition coefficient (Wildman–Crippen LogP) is 12.9. The van der Waals surface area contributed by atoms with Gasteiger partial charge in [-0.05, 0) is 129 Å². The van der Waals surface area contributed by atoms with E-state index in [0.29, 0.717) is 5.92 Å². The maximum absolute atomic E-state index is 4.08. The van der Waals surface area contributed by atoms with Crippen molar-refractivity contribution in [2.24, 2.45) is 22.2 Å². The van der Waals surface area contributed by atoms with Crippen molar-refractivity contribution < 1.29 is 0 Å². The molecule has 0 amide bonds. The Hall–Kier alpha value is -1.08. The molecule has 0 saturated carbocycles. The highest BCUT2D eigenvalue weighted by molar-refractivity contribution is 5.38. The second-order valence-corrected chi connectivity index (χ2v) is 20.1. The average molecular weight is 596 g/mol. The van der Waals surface area contributed by atoms with E-state index in [1.54, 1.807) is 5.56 Å². The first kappa shape index (κ1) is 39.9. The minimum atomic E-state index is 0.0809. The summed E-state index contributed by atoms with van der Waals surface area (Å²) in [5.41, 5.74) is 5.75. The normalized spacial score (nSPS) is 15.7. The molecule has 1 heteroatoms. The van der Waals surface area contributed by atoms with Crippen molar-refractivity contribution in [3.05, 3.63) is 47.5 Å². The van der Waals surface area contributed by atoms with Crippen LogP contribution in [-0.4, -0.2) is 23.0 Å². The van der Waals surface area contributed by atoms with Gasteiger partial charge in [-0.25, -0.2) is 0 Å². The zero-order valence-corrected chi connectivity index (χ0v) is 32.7. The van der Waals surface area contributed by atoms with Gasteiger partial charge < -0.3 is 0 Å². The molecule has 0 aromatic heterocycles. The van der Waals surface area contributed by atoms with Crippen molar-refractivity contribution in [3.63, 3.8) is 0 Å². The monoisotopic (exact) mass is 596 g/mol. The van der Waals surface area contributed by atoms with Crippen molar-refractivity contribution >= 4 is 0 Å². The molecule has 1 unspecified atom stereocenters. The molecular weight excluding hydrogens is 518 g/mol. The molecule has 1 atom stereocenters. The second kappa shape index (κ2) is 14.1. The first-order valence-corrected chi connectivity index (χ1v) is 17.6. The molecule has 0 saturated heterocycles. The molecule has 0 bridgehead atoms. The Morgan fingerprint density at radius 1 is 0.651 bits per heavy atom. The van der Waals surface area contributed by atoms with E-state index in [2.05, 4.69) is 161 Å². The van der Waals surface area contributed by atoms with E-state index in [-0.39, 0.29) is 38.2 Å². The molecule has 0 fully saturated rings. The van der Waals surface area contributed by atoms with Gasteiger partial charge in [0.15, 0.2) is 0 Å². The summed E-state index contributed by atoms with van der Waals surface area (Å²) in [5.74, 6) is 0.658. The van der Waals surface area contributed by atoms with Crippen LogP contribution in [0.1, 0.15) is 179 Å². The molecule has 0 radical (unpaired) electrons. The van der Waals surface area contributed by atoms with Gasteiger partial charge in [0.25, 0.3) is 0 Å². The van der Waals surface area contributed by atoms with E-state index in [1.165, 1.54) is 56.1 Å². The van der Waals surface area contributed by atoms with E-state index in [1.807, 2.05) is 0 Å². The van der Waals surface area contributed by atoms with Gasteiger partial charge in [-0.1, -0.05) is 121 Å². The summed E-state index contributed by atoms with van der Waals surface area (Å²) >= 11 is 0. The standard InChI is InChI=1S/C42H77N/c1-20-22-40(15,16)43(19)41(17,18)24-25-42(23-21-2,35(30-36(3,4)5)31-37(6,7)8)29-32-26-33(38(9,10)11)28-34(27-32)39(12,13)14/h20,26-28,35H,1,21-25,29-31H2,2-19H3. The summed E-state index contributed by atoms with van der Waals surface area (Å²) in [4.78, 5) is 2.64. The topological polar surface area (TPSA) is 3.24 Å². The molecule has 0 aliphatic carbocycles. The van der Waals surface area contributed by atoms with Gasteiger partial charge in [-0.15, -0.1) is 6.58 Å². The third kappa shape index (κ3) is 12.3. The van der Waals surface area contributed by atoms with Crippen LogP contribution in [-0.2, 0) is 17.3 Å². The fourth-order valence-electron chi connectivity index (χ4n) is 7.43. The van der Waals surface area contributed by atoms with Crippen molar-refractivity contribution in [2.45, 2.75) is 191 Å². The molecule has 250 valence electrons. The van der Waals surface area contributed by atoms with Crippen molar-refractivity contribution in [3.8, 4) is 0 Å². The van der Waals surface area contributed by atoms with Gasteiger partial charge >= 0.3 is 0 Å². The molecule has 0 N–H and O–H groups in total. The summed E-state index contributed by atoms with van der Waals surface area (Å²) in [6, 6.07) is 7.65. The molecule has 0 heterocycles. The molecule has 1 rings (SSSR count). The average Bonchev–Trinajstić information content (AvgIpc) is 2.78. The fourth-order valence-corrected chi connectivity index (χ4v) is 7.43. The van der Waals surface area contributed by atoms with Crippen LogP contribution < -0.4 is 0 Å². The third-order valence-electron chi connectivity index (χ3n) is 10.3. The Morgan fingerprint density at radius 2 is 1.09 bits per heavy atom. The largest absolute Gasteiger partial charge is 0.296 e. The first-order valence-electron chi connectivity index (χ1n) is 17.6. The van der Waals surface area contributed by atoms with Crippen molar-refractivity contribution in [1.82, 2.24) is 4.90 Å².